The molecule has 3 heterocycles. The van der Waals surface area contributed by atoms with Crippen LogP contribution in [0.25, 0.3) is 0 Å². The second-order valence-electron chi connectivity index (χ2n) is 8.14. The van der Waals surface area contributed by atoms with E-state index >= 15 is 0 Å². The molecular formula is C18H30N4O3. The molecule has 2 aliphatic heterocycles. The summed E-state index contributed by atoms with van der Waals surface area (Å²) < 4.78 is 5.05. The quantitative estimate of drug-likeness (QED) is 0.847. The van der Waals surface area contributed by atoms with Gasteiger partial charge in [-0.25, -0.2) is 4.98 Å². The zero-order chi connectivity index (χ0) is 18.1. The van der Waals surface area contributed by atoms with Crippen LogP contribution in [0.15, 0.2) is 12.5 Å². The lowest BCUT2D eigenvalue weighted by Crippen LogP contribution is -2.65. The van der Waals surface area contributed by atoms with E-state index in [4.69, 9.17) is 4.74 Å². The molecule has 1 aromatic rings. The molecule has 140 valence electrons. The molecule has 3 rings (SSSR count). The van der Waals surface area contributed by atoms with Crippen LogP contribution >= 0.6 is 0 Å². The maximum Gasteiger partial charge on any atom is 0.249 e. The maximum absolute atomic E-state index is 12.5. The van der Waals surface area contributed by atoms with Gasteiger partial charge in [0.2, 0.25) is 5.91 Å². The summed E-state index contributed by atoms with van der Waals surface area (Å²) in [6.45, 7) is 7.49. The van der Waals surface area contributed by atoms with Crippen LogP contribution < -0.4 is 0 Å². The molecular weight excluding hydrogens is 320 g/mol. The van der Waals surface area contributed by atoms with Gasteiger partial charge in [-0.15, -0.1) is 0 Å². The highest BCUT2D eigenvalue weighted by Gasteiger charge is 2.50. The van der Waals surface area contributed by atoms with Crippen LogP contribution in [0.4, 0.5) is 0 Å². The Hall–Kier alpha value is -1.44. The number of ether oxygens (including phenoxy) is 1. The van der Waals surface area contributed by atoms with Gasteiger partial charge >= 0.3 is 0 Å². The number of nitrogens with zero attached hydrogens (tertiary/aromatic N) is 3. The topological polar surface area (TPSA) is 81.7 Å². The summed E-state index contributed by atoms with van der Waals surface area (Å²) in [5.74, 6) is -0.0366. The second-order valence-corrected chi connectivity index (χ2v) is 8.14. The Morgan fingerprint density at radius 1 is 1.44 bits per heavy atom. The van der Waals surface area contributed by atoms with Gasteiger partial charge in [0.05, 0.1) is 18.0 Å². The van der Waals surface area contributed by atoms with Crippen molar-refractivity contribution < 1.29 is 14.6 Å². The Bertz CT molecular complexity index is 579. The van der Waals surface area contributed by atoms with Gasteiger partial charge in [-0.3, -0.25) is 9.69 Å². The number of carbonyl (C=O) groups is 1. The lowest BCUT2D eigenvalue weighted by Gasteiger charge is -2.56. The van der Waals surface area contributed by atoms with Crippen molar-refractivity contribution in [2.75, 3.05) is 33.4 Å². The molecule has 1 aromatic heterocycles. The number of piperidine rings is 2. The molecule has 7 nitrogen and oxygen atoms in total. The number of hydrogen-bond acceptors (Lipinski definition) is 5. The number of amides is 1. The van der Waals surface area contributed by atoms with Crippen molar-refractivity contribution in [3.05, 3.63) is 18.2 Å². The molecule has 25 heavy (non-hydrogen) atoms. The van der Waals surface area contributed by atoms with E-state index in [1.165, 1.54) is 7.11 Å². The molecule has 2 aliphatic rings. The minimum absolute atomic E-state index is 0.00280. The Labute approximate surface area is 149 Å². The van der Waals surface area contributed by atoms with E-state index in [9.17, 15) is 9.90 Å². The normalized spacial score (nSPS) is 26.1. The van der Waals surface area contributed by atoms with Crippen molar-refractivity contribution in [1.29, 1.82) is 0 Å². The van der Waals surface area contributed by atoms with Crippen molar-refractivity contribution in [2.45, 2.75) is 51.3 Å². The van der Waals surface area contributed by atoms with Crippen LogP contribution in [-0.4, -0.2) is 75.8 Å². The van der Waals surface area contributed by atoms with Crippen LogP contribution in [0.3, 0.4) is 0 Å². The summed E-state index contributed by atoms with van der Waals surface area (Å²) in [7, 11) is 1.54. The molecule has 1 spiro atoms. The molecule has 2 N–H and O–H groups in total. The largest absolute Gasteiger partial charge is 0.391 e. The van der Waals surface area contributed by atoms with Crippen molar-refractivity contribution in [2.24, 2.45) is 5.41 Å². The minimum atomic E-state index is -0.548. The van der Waals surface area contributed by atoms with Gasteiger partial charge in [0.25, 0.3) is 0 Å². The molecule has 0 aliphatic carbocycles. The standard InChI is InChI=1S/C18H30N4O3/c1-17(2)15(23)8-18(12-22(17)16(24)11-25-3)4-6-21(7-5-18)10-14-9-19-13-20-14/h9,13,15,23H,4-8,10-12H2,1-3H3,(H,19,20)/t15-/m1/s1. The predicted molar refractivity (Wildman–Crippen MR) is 93.8 cm³/mol. The first kappa shape index (κ1) is 18.4. The van der Waals surface area contributed by atoms with Gasteiger partial charge in [0.15, 0.2) is 0 Å². The SMILES string of the molecule is COCC(=O)N1CC2(CCN(Cc3cnc[nH]3)CC2)C[C@@H](O)C1(C)C. The molecule has 0 unspecified atom stereocenters. The highest BCUT2D eigenvalue weighted by molar-refractivity contribution is 5.78. The average Bonchev–Trinajstić information content (AvgIpc) is 3.07. The van der Waals surface area contributed by atoms with Crippen molar-refractivity contribution in [3.63, 3.8) is 0 Å². The number of imidazole rings is 1. The number of rotatable bonds is 4. The molecule has 7 heteroatoms. The number of aliphatic hydroxyl groups excluding tert-OH is 1. The maximum atomic E-state index is 12.5. The highest BCUT2D eigenvalue weighted by Crippen LogP contribution is 2.45. The Kier molecular flexibility index (Phi) is 5.18. The van der Waals surface area contributed by atoms with Crippen molar-refractivity contribution >= 4 is 5.91 Å². The second kappa shape index (κ2) is 7.05. The van der Waals surface area contributed by atoms with E-state index in [1.807, 2.05) is 24.9 Å². The van der Waals surface area contributed by atoms with Crippen LogP contribution in [0.2, 0.25) is 0 Å². The lowest BCUT2D eigenvalue weighted by atomic mass is 9.67. The number of aromatic amines is 1. The van der Waals surface area contributed by atoms with E-state index in [2.05, 4.69) is 14.9 Å². The first-order chi connectivity index (χ1) is 11.9. The number of likely N-dealkylation sites (tertiary alicyclic amines) is 2. The molecule has 0 radical (unpaired) electrons. The molecule has 1 atom stereocenters. The number of nitrogens with one attached hydrogen (secondary N) is 1. The van der Waals surface area contributed by atoms with E-state index in [0.29, 0.717) is 6.54 Å². The van der Waals surface area contributed by atoms with Crippen molar-refractivity contribution in [3.8, 4) is 0 Å². The van der Waals surface area contributed by atoms with Crippen LogP contribution in [0.5, 0.6) is 0 Å². The van der Waals surface area contributed by atoms with Gasteiger partial charge in [-0.1, -0.05) is 0 Å². The number of hydrogen-bond donors (Lipinski definition) is 2. The smallest absolute Gasteiger partial charge is 0.249 e. The summed E-state index contributed by atoms with van der Waals surface area (Å²) in [4.78, 5) is 24.0. The Morgan fingerprint density at radius 2 is 2.16 bits per heavy atom. The van der Waals surface area contributed by atoms with E-state index in [0.717, 1.165) is 44.6 Å². The number of H-pyrrole nitrogens is 1. The predicted octanol–water partition coefficient (Wildman–Crippen LogP) is 1.01. The zero-order valence-corrected chi connectivity index (χ0v) is 15.5. The first-order valence-corrected chi connectivity index (χ1v) is 9.03. The minimum Gasteiger partial charge on any atom is -0.391 e. The van der Waals surface area contributed by atoms with Gasteiger partial charge in [0.1, 0.15) is 6.61 Å². The number of carbonyl (C=O) groups excluding carboxylic acids is 1. The molecule has 0 saturated carbocycles. The monoisotopic (exact) mass is 350 g/mol. The summed E-state index contributed by atoms with van der Waals surface area (Å²) >= 11 is 0. The zero-order valence-electron chi connectivity index (χ0n) is 15.5. The third kappa shape index (κ3) is 3.73. The number of methoxy groups -OCH3 is 1. The van der Waals surface area contributed by atoms with Gasteiger partial charge < -0.3 is 19.7 Å². The van der Waals surface area contributed by atoms with E-state index < -0.39 is 11.6 Å². The summed E-state index contributed by atoms with van der Waals surface area (Å²) in [6.07, 6.45) is 5.80. The molecule has 0 aromatic carbocycles. The Morgan fingerprint density at radius 3 is 2.76 bits per heavy atom. The van der Waals surface area contributed by atoms with Gasteiger partial charge in [0, 0.05) is 32.1 Å². The fourth-order valence-electron chi connectivity index (χ4n) is 4.21. The van der Waals surface area contributed by atoms with Gasteiger partial charge in [-0.2, -0.15) is 0 Å². The summed E-state index contributed by atoms with van der Waals surface area (Å²) in [5, 5.41) is 10.8. The third-order valence-electron chi connectivity index (χ3n) is 6.07. The molecule has 2 saturated heterocycles. The first-order valence-electron chi connectivity index (χ1n) is 9.03. The molecule has 1 amide bonds. The lowest BCUT2D eigenvalue weighted by molar-refractivity contribution is -0.163. The summed E-state index contributed by atoms with van der Waals surface area (Å²) in [5.41, 5.74) is 0.578. The number of aliphatic hydroxyl groups is 1. The van der Waals surface area contributed by atoms with Crippen LogP contribution in [0.1, 0.15) is 38.8 Å². The molecule has 0 bridgehead atoms. The van der Waals surface area contributed by atoms with Crippen LogP contribution in [0, 0.1) is 5.41 Å². The van der Waals surface area contributed by atoms with Gasteiger partial charge in [-0.05, 0) is 51.6 Å². The fourth-order valence-corrected chi connectivity index (χ4v) is 4.21. The summed E-state index contributed by atoms with van der Waals surface area (Å²) in [6, 6.07) is 0. The van der Waals surface area contributed by atoms with Crippen molar-refractivity contribution in [1.82, 2.24) is 19.8 Å². The Balaban J connectivity index is 1.67. The average molecular weight is 350 g/mol. The van der Waals surface area contributed by atoms with Crippen LogP contribution in [-0.2, 0) is 16.1 Å². The van der Waals surface area contributed by atoms with E-state index in [1.54, 1.807) is 6.33 Å². The third-order valence-corrected chi connectivity index (χ3v) is 6.07. The van der Waals surface area contributed by atoms with E-state index in [-0.39, 0.29) is 17.9 Å². The number of aromatic nitrogens is 2. The molecule has 2 fully saturated rings. The highest BCUT2D eigenvalue weighted by atomic mass is 16.5. The fraction of sp³-hybridized carbons (Fsp3) is 0.778.